The van der Waals surface area contributed by atoms with Crippen LogP contribution in [0.25, 0.3) is 0 Å². The summed E-state index contributed by atoms with van der Waals surface area (Å²) in [4.78, 5) is 13.3. The molecule has 1 amide bonds. The van der Waals surface area contributed by atoms with Gasteiger partial charge in [-0.05, 0) is 56.0 Å². The summed E-state index contributed by atoms with van der Waals surface area (Å²) in [5, 5.41) is 17.6. The summed E-state index contributed by atoms with van der Waals surface area (Å²) in [7, 11) is -1.98. The van der Waals surface area contributed by atoms with Gasteiger partial charge in [0.1, 0.15) is 0 Å². The van der Waals surface area contributed by atoms with Gasteiger partial charge in [-0.3, -0.25) is 9.10 Å². The molecule has 0 spiro atoms. The van der Waals surface area contributed by atoms with Crippen molar-refractivity contribution < 1.29 is 18.3 Å². The normalized spacial score (nSPS) is 13.5. The largest absolute Gasteiger partial charge is 0.390 e. The highest BCUT2D eigenvalue weighted by Gasteiger charge is 2.27. The van der Waals surface area contributed by atoms with E-state index >= 15 is 0 Å². The van der Waals surface area contributed by atoms with E-state index in [1.165, 1.54) is 11.4 Å². The Hall–Kier alpha value is -3.20. The molecule has 0 fully saturated rings. The van der Waals surface area contributed by atoms with E-state index in [1.807, 2.05) is 67.6 Å². The van der Waals surface area contributed by atoms with Gasteiger partial charge in [0.2, 0.25) is 10.0 Å². The van der Waals surface area contributed by atoms with Crippen LogP contribution in [0, 0.1) is 0 Å². The highest BCUT2D eigenvalue weighted by molar-refractivity contribution is 7.92. The predicted molar refractivity (Wildman–Crippen MR) is 154 cm³/mol. The zero-order chi connectivity index (χ0) is 27.8. The quantitative estimate of drug-likeness (QED) is 0.305. The molecule has 0 radical (unpaired) electrons. The van der Waals surface area contributed by atoms with Crippen molar-refractivity contribution in [3.8, 4) is 0 Å². The number of carbonyl (C=O) groups excluding carboxylic acids is 1. The number of rotatable bonds is 13. The number of benzene rings is 3. The summed E-state index contributed by atoms with van der Waals surface area (Å²) in [6.07, 6.45) is 0.0603. The Bertz CT molecular complexity index is 1280. The standard InChI is InChI=1S/C30H39N3O4S/c1-5-19-38(36,37)33(4)26-18-12-15-24(21-26)29(35)32-27(20-23-13-8-6-9-14-23)28(34)22-31-30(2,3)25-16-10-7-11-17-25/h6-18,21,27-28,31,34H,5,19-20,22H2,1-4H3,(H,32,35)/t27-,28+/m0/s1. The van der Waals surface area contributed by atoms with E-state index in [4.69, 9.17) is 0 Å². The lowest BCUT2D eigenvalue weighted by molar-refractivity contribution is 0.0814. The fraction of sp³-hybridized carbons (Fsp3) is 0.367. The van der Waals surface area contributed by atoms with Gasteiger partial charge in [-0.15, -0.1) is 0 Å². The molecule has 0 unspecified atom stereocenters. The SMILES string of the molecule is CCCS(=O)(=O)N(C)c1cccc(C(=O)N[C@@H](Cc2ccccc2)[C@H](O)CNC(C)(C)c2ccccc2)c1. The molecule has 3 rings (SSSR count). The van der Waals surface area contributed by atoms with Crippen molar-refractivity contribution in [2.75, 3.05) is 23.7 Å². The Kier molecular flexibility index (Phi) is 10.1. The average molecular weight is 538 g/mol. The first kappa shape index (κ1) is 29.4. The maximum Gasteiger partial charge on any atom is 0.251 e. The molecule has 0 saturated carbocycles. The summed E-state index contributed by atoms with van der Waals surface area (Å²) in [5.74, 6) is -0.354. The monoisotopic (exact) mass is 537 g/mol. The minimum atomic E-state index is -3.47. The van der Waals surface area contributed by atoms with Gasteiger partial charge in [0.15, 0.2) is 0 Å². The molecule has 3 N–H and O–H groups in total. The number of hydrogen-bond donors (Lipinski definition) is 3. The fourth-order valence-corrected chi connectivity index (χ4v) is 5.48. The molecule has 0 bridgehead atoms. The third-order valence-corrected chi connectivity index (χ3v) is 8.65. The maximum atomic E-state index is 13.3. The molecule has 0 heterocycles. The van der Waals surface area contributed by atoms with E-state index in [0.29, 0.717) is 24.1 Å². The fourth-order valence-electron chi connectivity index (χ4n) is 4.26. The highest BCUT2D eigenvalue weighted by Crippen LogP contribution is 2.21. The lowest BCUT2D eigenvalue weighted by atomic mass is 9.93. The summed E-state index contributed by atoms with van der Waals surface area (Å²) in [5.41, 5.74) is 2.43. The third-order valence-electron chi connectivity index (χ3n) is 6.68. The average Bonchev–Trinajstić information content (AvgIpc) is 2.92. The Labute approximate surface area is 227 Å². The number of nitrogens with zero attached hydrogens (tertiary/aromatic N) is 1. The number of aliphatic hydroxyl groups is 1. The number of sulfonamides is 1. The van der Waals surface area contributed by atoms with E-state index < -0.39 is 22.2 Å². The van der Waals surface area contributed by atoms with Gasteiger partial charge in [0.05, 0.1) is 23.6 Å². The minimum Gasteiger partial charge on any atom is -0.390 e. The summed E-state index contributed by atoms with van der Waals surface area (Å²) in [6.45, 7) is 6.17. The van der Waals surface area contributed by atoms with Gasteiger partial charge >= 0.3 is 0 Å². The van der Waals surface area contributed by atoms with Gasteiger partial charge in [-0.1, -0.05) is 73.7 Å². The molecule has 0 aliphatic carbocycles. The van der Waals surface area contributed by atoms with Gasteiger partial charge in [-0.2, -0.15) is 0 Å². The smallest absolute Gasteiger partial charge is 0.251 e. The first-order valence-electron chi connectivity index (χ1n) is 12.9. The molecule has 8 heteroatoms. The van der Waals surface area contributed by atoms with Crippen LogP contribution in [0.1, 0.15) is 48.7 Å². The second-order valence-corrected chi connectivity index (χ2v) is 12.2. The summed E-state index contributed by atoms with van der Waals surface area (Å²) < 4.78 is 26.3. The molecule has 3 aromatic carbocycles. The number of anilines is 1. The maximum absolute atomic E-state index is 13.3. The van der Waals surface area contributed by atoms with Crippen molar-refractivity contribution in [3.05, 3.63) is 102 Å². The van der Waals surface area contributed by atoms with Crippen LogP contribution in [-0.4, -0.2) is 50.9 Å². The zero-order valence-corrected chi connectivity index (χ0v) is 23.4. The lowest BCUT2D eigenvalue weighted by Gasteiger charge is -2.31. The molecular weight excluding hydrogens is 498 g/mol. The van der Waals surface area contributed by atoms with Crippen molar-refractivity contribution in [3.63, 3.8) is 0 Å². The van der Waals surface area contributed by atoms with Crippen molar-refractivity contribution in [1.29, 1.82) is 0 Å². The first-order chi connectivity index (χ1) is 18.0. The molecule has 0 aromatic heterocycles. The number of carbonyl (C=O) groups is 1. The van der Waals surface area contributed by atoms with E-state index in [0.717, 1.165) is 11.1 Å². The zero-order valence-electron chi connectivity index (χ0n) is 22.6. The van der Waals surface area contributed by atoms with Crippen LogP contribution >= 0.6 is 0 Å². The van der Waals surface area contributed by atoms with Crippen LogP contribution in [0.15, 0.2) is 84.9 Å². The minimum absolute atomic E-state index is 0.0254. The first-order valence-corrected chi connectivity index (χ1v) is 14.5. The molecule has 0 aliphatic rings. The van der Waals surface area contributed by atoms with Crippen LogP contribution in [0.2, 0.25) is 0 Å². The molecule has 38 heavy (non-hydrogen) atoms. The molecule has 0 saturated heterocycles. The van der Waals surface area contributed by atoms with E-state index in [1.54, 1.807) is 24.3 Å². The second-order valence-electron chi connectivity index (χ2n) is 10.0. The van der Waals surface area contributed by atoms with Gasteiger partial charge in [0.25, 0.3) is 5.91 Å². The van der Waals surface area contributed by atoms with Gasteiger partial charge in [-0.25, -0.2) is 8.42 Å². The number of amides is 1. The lowest BCUT2D eigenvalue weighted by Crippen LogP contribution is -2.51. The van der Waals surface area contributed by atoms with E-state index in [2.05, 4.69) is 24.5 Å². The van der Waals surface area contributed by atoms with Crippen LogP contribution in [-0.2, 0) is 22.0 Å². The molecular formula is C30H39N3O4S. The van der Waals surface area contributed by atoms with Crippen molar-refractivity contribution in [2.45, 2.75) is 51.3 Å². The van der Waals surface area contributed by atoms with Crippen LogP contribution in [0.5, 0.6) is 0 Å². The topological polar surface area (TPSA) is 98.7 Å². The van der Waals surface area contributed by atoms with Crippen LogP contribution < -0.4 is 14.9 Å². The molecule has 204 valence electrons. The van der Waals surface area contributed by atoms with Gasteiger partial charge < -0.3 is 15.7 Å². The molecule has 3 aromatic rings. The van der Waals surface area contributed by atoms with E-state index in [9.17, 15) is 18.3 Å². The summed E-state index contributed by atoms with van der Waals surface area (Å²) >= 11 is 0. The predicted octanol–water partition coefficient (Wildman–Crippen LogP) is 4.09. The Morgan fingerprint density at radius 3 is 2.24 bits per heavy atom. The molecule has 0 aliphatic heterocycles. The van der Waals surface area contributed by atoms with E-state index in [-0.39, 0.29) is 23.7 Å². The number of aliphatic hydroxyl groups excluding tert-OH is 1. The highest BCUT2D eigenvalue weighted by atomic mass is 32.2. The molecule has 2 atom stereocenters. The van der Waals surface area contributed by atoms with Crippen molar-refractivity contribution in [2.24, 2.45) is 0 Å². The van der Waals surface area contributed by atoms with Crippen molar-refractivity contribution in [1.82, 2.24) is 10.6 Å². The number of nitrogens with one attached hydrogen (secondary N) is 2. The Morgan fingerprint density at radius 2 is 1.61 bits per heavy atom. The second kappa shape index (κ2) is 13.0. The Morgan fingerprint density at radius 1 is 0.974 bits per heavy atom. The molecule has 7 nitrogen and oxygen atoms in total. The van der Waals surface area contributed by atoms with Gasteiger partial charge in [0, 0.05) is 24.7 Å². The van der Waals surface area contributed by atoms with Crippen LogP contribution in [0.4, 0.5) is 5.69 Å². The van der Waals surface area contributed by atoms with Crippen LogP contribution in [0.3, 0.4) is 0 Å². The Balaban J connectivity index is 1.78. The third kappa shape index (κ3) is 7.90. The van der Waals surface area contributed by atoms with Crippen molar-refractivity contribution >= 4 is 21.6 Å². The number of hydrogen-bond acceptors (Lipinski definition) is 5. The summed E-state index contributed by atoms with van der Waals surface area (Å²) in [6, 6.07) is 25.6.